The predicted octanol–water partition coefficient (Wildman–Crippen LogP) is 14.8. The molecule has 58 heavy (non-hydrogen) atoms. The first-order chi connectivity index (χ1) is 28.2. The van der Waals surface area contributed by atoms with Gasteiger partial charge in [0.2, 0.25) is 0 Å². The van der Waals surface area contributed by atoms with Gasteiger partial charge in [0.15, 0.2) is 0 Å². The average molecular weight is 756 g/mol. The zero-order valence-electron chi connectivity index (χ0n) is 34.9. The molecule has 5 aromatic carbocycles. The first-order valence-corrected chi connectivity index (χ1v) is 20.9. The molecule has 1 heteroatoms. The van der Waals surface area contributed by atoms with Gasteiger partial charge >= 0.3 is 0 Å². The van der Waals surface area contributed by atoms with Crippen LogP contribution in [0.4, 0.5) is 0 Å². The molecule has 0 aromatic heterocycles. The molecule has 0 bridgehead atoms. The van der Waals surface area contributed by atoms with Crippen molar-refractivity contribution in [1.82, 2.24) is 0 Å². The lowest BCUT2D eigenvalue weighted by molar-refractivity contribution is 0.722. The maximum Gasteiger partial charge on any atom is 0.0563 e. The molecule has 0 fully saturated rings. The van der Waals surface area contributed by atoms with Crippen LogP contribution in [0.3, 0.4) is 0 Å². The molecule has 0 saturated carbocycles. The maximum atomic E-state index is 7.24. The van der Waals surface area contributed by atoms with Crippen molar-refractivity contribution >= 4 is 22.8 Å². The molecule has 0 saturated heterocycles. The van der Waals surface area contributed by atoms with Crippen molar-refractivity contribution in [3.05, 3.63) is 238 Å². The Morgan fingerprint density at radius 1 is 0.810 bits per heavy atom. The van der Waals surface area contributed by atoms with Crippen LogP contribution in [0.2, 0.25) is 0 Å². The quantitative estimate of drug-likeness (QED) is 0.141. The molecule has 2 aliphatic carbocycles. The monoisotopic (exact) mass is 755 g/mol. The Labute approximate surface area is 347 Å². The summed E-state index contributed by atoms with van der Waals surface area (Å²) in [5.41, 5.74) is 27.6. The van der Waals surface area contributed by atoms with E-state index in [9.17, 15) is 0 Å². The molecule has 1 nitrogen and oxygen atoms in total. The van der Waals surface area contributed by atoms with E-state index >= 15 is 0 Å². The summed E-state index contributed by atoms with van der Waals surface area (Å²) in [5, 5.41) is 0. The van der Waals surface area contributed by atoms with Gasteiger partial charge in [-0.1, -0.05) is 203 Å². The number of allylic oxidation sites excluding steroid dienone is 11. The first-order valence-electron chi connectivity index (χ1n) is 20.9. The van der Waals surface area contributed by atoms with Crippen LogP contribution in [0, 0.1) is 12.8 Å². The van der Waals surface area contributed by atoms with Crippen LogP contribution in [-0.4, -0.2) is 0 Å². The molecule has 5 aromatic rings. The molecule has 0 amide bonds. The van der Waals surface area contributed by atoms with Gasteiger partial charge in [-0.25, -0.2) is 0 Å². The van der Waals surface area contributed by atoms with E-state index in [1.54, 1.807) is 0 Å². The summed E-state index contributed by atoms with van der Waals surface area (Å²) in [6, 6.07) is 41.3. The topological polar surface area (TPSA) is 26.0 Å². The molecule has 3 unspecified atom stereocenters. The minimum Gasteiger partial charge on any atom is -0.320 e. The molecule has 3 atom stereocenters. The Morgan fingerprint density at radius 2 is 1.53 bits per heavy atom. The smallest absolute Gasteiger partial charge is 0.0563 e. The first kappa shape index (κ1) is 40.2. The van der Waals surface area contributed by atoms with E-state index in [4.69, 9.17) is 5.73 Å². The Bertz CT molecular complexity index is 2530. The van der Waals surface area contributed by atoms with E-state index in [2.05, 4.69) is 212 Å². The van der Waals surface area contributed by atoms with Gasteiger partial charge in [0.1, 0.15) is 0 Å². The Kier molecular flexibility index (Phi) is 12.5. The summed E-state index contributed by atoms with van der Waals surface area (Å²) < 4.78 is 0. The normalized spacial score (nSPS) is 19.2. The molecule has 0 radical (unpaired) electrons. The SMILES string of the molecule is C=C(\C=C/C(C(=C1/C=Cc2ccccc2C1N)/c1ccccc1)=C(\C)c1ccccc1C(C)CC)Cc1ccccc1-c1ccc2c(c1C)C(=C)/C=C\C=C/C(C)C2. The third-order valence-corrected chi connectivity index (χ3v) is 12.1. The lowest BCUT2D eigenvalue weighted by Crippen LogP contribution is -2.18. The van der Waals surface area contributed by atoms with Crippen molar-refractivity contribution in [2.75, 3.05) is 0 Å². The summed E-state index contributed by atoms with van der Waals surface area (Å²) in [6.45, 7) is 20.6. The van der Waals surface area contributed by atoms with Crippen LogP contribution in [0.15, 0.2) is 188 Å². The fourth-order valence-corrected chi connectivity index (χ4v) is 8.79. The minimum atomic E-state index is -0.281. The fourth-order valence-electron chi connectivity index (χ4n) is 8.79. The lowest BCUT2D eigenvalue weighted by atomic mass is 9.79. The van der Waals surface area contributed by atoms with Crippen molar-refractivity contribution in [2.24, 2.45) is 11.7 Å². The maximum absolute atomic E-state index is 7.24. The van der Waals surface area contributed by atoms with Crippen molar-refractivity contribution in [3.8, 4) is 11.1 Å². The van der Waals surface area contributed by atoms with Gasteiger partial charge in [-0.05, 0) is 134 Å². The third kappa shape index (κ3) is 8.47. The summed E-state index contributed by atoms with van der Waals surface area (Å²) >= 11 is 0. The lowest BCUT2D eigenvalue weighted by Gasteiger charge is -2.27. The van der Waals surface area contributed by atoms with Crippen molar-refractivity contribution in [3.63, 3.8) is 0 Å². The summed E-state index contributed by atoms with van der Waals surface area (Å²) in [4.78, 5) is 0. The van der Waals surface area contributed by atoms with Crippen molar-refractivity contribution in [2.45, 2.75) is 65.8 Å². The molecule has 2 aliphatic rings. The number of hydrogen-bond donors (Lipinski definition) is 1. The molecular formula is C57H57N. The van der Waals surface area contributed by atoms with E-state index in [0.717, 1.165) is 51.8 Å². The largest absolute Gasteiger partial charge is 0.320 e. The number of nitrogens with two attached hydrogens (primary N) is 1. The fraction of sp³-hybridized carbons (Fsp3) is 0.193. The van der Waals surface area contributed by atoms with Crippen molar-refractivity contribution < 1.29 is 0 Å². The van der Waals surface area contributed by atoms with Crippen LogP contribution in [-0.2, 0) is 12.8 Å². The van der Waals surface area contributed by atoms with E-state index < -0.39 is 0 Å². The van der Waals surface area contributed by atoms with Crippen LogP contribution in [0.25, 0.3) is 33.9 Å². The van der Waals surface area contributed by atoms with Gasteiger partial charge in [0.05, 0.1) is 6.04 Å². The highest BCUT2D eigenvalue weighted by Gasteiger charge is 2.25. The van der Waals surface area contributed by atoms with Gasteiger partial charge in [0, 0.05) is 0 Å². The number of benzene rings is 5. The molecule has 0 heterocycles. The number of fused-ring (bicyclic) bond motifs is 2. The van der Waals surface area contributed by atoms with Crippen LogP contribution in [0.1, 0.15) is 96.1 Å². The van der Waals surface area contributed by atoms with Crippen LogP contribution in [0.5, 0.6) is 0 Å². The number of hydrogen-bond acceptors (Lipinski definition) is 1. The molecule has 0 aliphatic heterocycles. The van der Waals surface area contributed by atoms with Gasteiger partial charge in [-0.15, -0.1) is 0 Å². The number of rotatable bonds is 10. The molecule has 2 N–H and O–H groups in total. The highest BCUT2D eigenvalue weighted by Crippen LogP contribution is 2.42. The van der Waals surface area contributed by atoms with Gasteiger partial charge in [0.25, 0.3) is 0 Å². The summed E-state index contributed by atoms with van der Waals surface area (Å²) in [7, 11) is 0. The highest BCUT2D eigenvalue weighted by atomic mass is 14.6. The minimum absolute atomic E-state index is 0.281. The Morgan fingerprint density at radius 3 is 2.34 bits per heavy atom. The van der Waals surface area contributed by atoms with Crippen LogP contribution >= 0.6 is 0 Å². The van der Waals surface area contributed by atoms with Gasteiger partial charge in [-0.2, -0.15) is 0 Å². The highest BCUT2D eigenvalue weighted by molar-refractivity contribution is 5.96. The Hall–Kier alpha value is -6.02. The standard InChI is InChI=1S/C57H57N/c1-8-40(4)48-26-18-19-27-49(48)42(6)51(56(45-23-10-9-11-24-45)54-35-31-44-22-14-17-29-53(44)57(54)58)33-30-39(3)36-46-25-15-16-28-52(46)50-34-32-47-37-38(2)20-12-13-21-41(5)55(47)43(50)7/h9-35,38,40,57H,3,5,8,36-37,58H2,1-2,4,6-7H3/b20-12-,21-13-,33-30-,51-42-,56-54-. The van der Waals surface area contributed by atoms with E-state index in [0.29, 0.717) is 18.3 Å². The molecular weight excluding hydrogens is 699 g/mol. The molecule has 0 spiro atoms. The molecule has 7 rings (SSSR count). The van der Waals surface area contributed by atoms with E-state index in [1.807, 2.05) is 0 Å². The third-order valence-electron chi connectivity index (χ3n) is 12.1. The molecule has 290 valence electrons. The second-order valence-corrected chi connectivity index (χ2v) is 16.1. The Balaban J connectivity index is 1.34. The van der Waals surface area contributed by atoms with Crippen LogP contribution < -0.4 is 5.73 Å². The van der Waals surface area contributed by atoms with E-state index in [1.165, 1.54) is 55.6 Å². The van der Waals surface area contributed by atoms with E-state index in [-0.39, 0.29) is 6.04 Å². The van der Waals surface area contributed by atoms with Gasteiger partial charge in [-0.3, -0.25) is 0 Å². The van der Waals surface area contributed by atoms with Gasteiger partial charge < -0.3 is 5.73 Å². The van der Waals surface area contributed by atoms with Crippen molar-refractivity contribution in [1.29, 1.82) is 0 Å². The average Bonchev–Trinajstić information content (AvgIpc) is 3.31. The second kappa shape index (κ2) is 18.1. The zero-order valence-corrected chi connectivity index (χ0v) is 34.9. The zero-order chi connectivity index (χ0) is 40.8. The second-order valence-electron chi connectivity index (χ2n) is 16.1. The summed E-state index contributed by atoms with van der Waals surface area (Å²) in [5.74, 6) is 0.866. The summed E-state index contributed by atoms with van der Waals surface area (Å²) in [6.07, 6.45) is 20.4. The predicted molar refractivity (Wildman–Crippen MR) is 252 cm³/mol.